The Bertz CT molecular complexity index is 1160. The normalized spacial score (nSPS) is 14.9. The lowest BCUT2D eigenvalue weighted by Crippen LogP contribution is -2.41. The fourth-order valence-corrected chi connectivity index (χ4v) is 6.36. The number of carbonyl (C=O) groups is 2. The maximum Gasteiger partial charge on any atom is 0.241 e. The fourth-order valence-electron chi connectivity index (χ4n) is 4.74. The van der Waals surface area contributed by atoms with Gasteiger partial charge in [-0.15, -0.1) is 0 Å². The smallest absolute Gasteiger partial charge is 0.241 e. The molecule has 1 aliphatic heterocycles. The van der Waals surface area contributed by atoms with E-state index in [-0.39, 0.29) is 30.6 Å². The first kappa shape index (κ1) is 26.1. The van der Waals surface area contributed by atoms with Gasteiger partial charge in [-0.2, -0.15) is 0 Å². The van der Waals surface area contributed by atoms with Gasteiger partial charge < -0.3 is 4.90 Å². The van der Waals surface area contributed by atoms with Crippen LogP contribution in [0, 0.1) is 47.5 Å². The van der Waals surface area contributed by atoms with Crippen molar-refractivity contribution in [1.82, 2.24) is 9.62 Å². The van der Waals surface area contributed by atoms with Gasteiger partial charge >= 0.3 is 0 Å². The van der Waals surface area contributed by atoms with Crippen molar-refractivity contribution in [2.24, 2.45) is 5.92 Å². The summed E-state index contributed by atoms with van der Waals surface area (Å²) >= 11 is 0. The second kappa shape index (κ2) is 10.4. The number of hydrogen-bond donors (Lipinski definition) is 1. The number of hydrogen-bond acceptors (Lipinski definition) is 4. The van der Waals surface area contributed by atoms with Crippen molar-refractivity contribution in [3.63, 3.8) is 0 Å². The summed E-state index contributed by atoms with van der Waals surface area (Å²) in [7, 11) is -3.73. The molecule has 0 aliphatic carbocycles. The maximum absolute atomic E-state index is 13.0. The molecule has 2 aromatic rings. The molecule has 184 valence electrons. The van der Waals surface area contributed by atoms with Gasteiger partial charge in [0.2, 0.25) is 15.9 Å². The van der Waals surface area contributed by atoms with Crippen molar-refractivity contribution in [2.45, 2.75) is 65.7 Å². The van der Waals surface area contributed by atoms with Crippen molar-refractivity contribution in [1.29, 1.82) is 0 Å². The molecule has 0 atom stereocenters. The minimum Gasteiger partial charge on any atom is -0.343 e. The highest BCUT2D eigenvalue weighted by atomic mass is 32.2. The molecule has 1 saturated heterocycles. The van der Waals surface area contributed by atoms with Gasteiger partial charge in [-0.25, -0.2) is 13.1 Å². The lowest BCUT2D eigenvalue weighted by atomic mass is 9.88. The summed E-state index contributed by atoms with van der Waals surface area (Å²) < 4.78 is 28.7. The summed E-state index contributed by atoms with van der Waals surface area (Å²) in [6.07, 6.45) is 1.35. The predicted octanol–water partition coefficient (Wildman–Crippen LogP) is 4.33. The first-order valence-corrected chi connectivity index (χ1v) is 13.4. The molecule has 0 bridgehead atoms. The van der Waals surface area contributed by atoms with E-state index in [4.69, 9.17) is 0 Å². The zero-order valence-electron chi connectivity index (χ0n) is 21.1. The van der Waals surface area contributed by atoms with Gasteiger partial charge in [-0.1, -0.05) is 29.8 Å². The number of carbonyl (C=O) groups excluding carboxylic acids is 2. The number of aryl methyl sites for hydroxylation is 1. The van der Waals surface area contributed by atoms with Crippen LogP contribution in [0.25, 0.3) is 0 Å². The molecule has 1 N–H and O–H groups in total. The summed E-state index contributed by atoms with van der Waals surface area (Å²) in [5.41, 5.74) is 6.39. The number of rotatable bonds is 7. The maximum atomic E-state index is 13.0. The molecule has 1 amide bonds. The molecular formula is C27H36N2O4S. The summed E-state index contributed by atoms with van der Waals surface area (Å²) in [6.45, 7) is 12.6. The molecule has 34 heavy (non-hydrogen) atoms. The highest BCUT2D eigenvalue weighted by Crippen LogP contribution is 2.29. The molecular weight excluding hydrogens is 448 g/mol. The summed E-state index contributed by atoms with van der Waals surface area (Å²) in [5.74, 6) is -0.0350. The number of piperidine rings is 1. The van der Waals surface area contributed by atoms with Crippen LogP contribution in [0.1, 0.15) is 63.0 Å². The van der Waals surface area contributed by atoms with E-state index in [2.05, 4.69) is 4.72 Å². The quantitative estimate of drug-likeness (QED) is 0.593. The van der Waals surface area contributed by atoms with Crippen LogP contribution in [0.15, 0.2) is 29.2 Å². The minimum atomic E-state index is -3.73. The van der Waals surface area contributed by atoms with Gasteiger partial charge in [-0.05, 0) is 82.2 Å². The first-order chi connectivity index (χ1) is 15.9. The second-order valence-electron chi connectivity index (χ2n) is 9.49. The molecule has 0 unspecified atom stereocenters. The average Bonchev–Trinajstić information content (AvgIpc) is 2.81. The fraction of sp³-hybridized carbons (Fsp3) is 0.481. The molecule has 0 spiro atoms. The summed E-state index contributed by atoms with van der Waals surface area (Å²) in [5, 5.41) is 0. The van der Waals surface area contributed by atoms with E-state index in [1.165, 1.54) is 0 Å². The molecule has 1 aliphatic rings. The van der Waals surface area contributed by atoms with Crippen LogP contribution in [0.4, 0.5) is 0 Å². The predicted molar refractivity (Wildman–Crippen MR) is 135 cm³/mol. The van der Waals surface area contributed by atoms with Crippen LogP contribution in [-0.2, 0) is 14.8 Å². The Morgan fingerprint density at radius 2 is 1.35 bits per heavy atom. The standard InChI is InChI=1S/C27H36N2O4S/c1-17-7-9-23(10-8-17)26(31)24-12-15-29(16-13-24)25(30)11-14-28-34(32,33)27-21(5)19(3)18(2)20(4)22(27)6/h7-10,24,28H,11-16H2,1-6H3. The Balaban J connectivity index is 1.55. The van der Waals surface area contributed by atoms with Crippen molar-refractivity contribution >= 4 is 21.7 Å². The zero-order chi connectivity index (χ0) is 25.2. The van der Waals surface area contributed by atoms with E-state index in [1.807, 2.05) is 65.8 Å². The van der Waals surface area contributed by atoms with Gasteiger partial charge in [0.25, 0.3) is 0 Å². The van der Waals surface area contributed by atoms with E-state index in [0.717, 1.165) is 38.9 Å². The summed E-state index contributed by atoms with van der Waals surface area (Å²) in [4.78, 5) is 27.5. The molecule has 2 aromatic carbocycles. The van der Waals surface area contributed by atoms with Crippen LogP contribution in [0.2, 0.25) is 0 Å². The molecule has 1 heterocycles. The van der Waals surface area contributed by atoms with E-state index < -0.39 is 10.0 Å². The third-order valence-electron chi connectivity index (χ3n) is 7.39. The van der Waals surface area contributed by atoms with Crippen LogP contribution in [0.5, 0.6) is 0 Å². The number of benzene rings is 2. The van der Waals surface area contributed by atoms with E-state index in [1.54, 1.807) is 4.90 Å². The van der Waals surface area contributed by atoms with Crippen molar-refractivity contribution in [3.05, 3.63) is 63.2 Å². The third kappa shape index (κ3) is 5.41. The van der Waals surface area contributed by atoms with Crippen molar-refractivity contribution < 1.29 is 18.0 Å². The molecule has 3 rings (SSSR count). The Hall–Kier alpha value is -2.51. The average molecular weight is 485 g/mol. The Labute approximate surface area is 203 Å². The Kier molecular flexibility index (Phi) is 7.98. The minimum absolute atomic E-state index is 0.0498. The molecule has 0 saturated carbocycles. The molecule has 1 fully saturated rings. The number of ketones is 1. The lowest BCUT2D eigenvalue weighted by molar-refractivity contribution is -0.132. The third-order valence-corrected chi connectivity index (χ3v) is 9.12. The Morgan fingerprint density at radius 3 is 1.88 bits per heavy atom. The number of sulfonamides is 1. The zero-order valence-corrected chi connectivity index (χ0v) is 21.9. The number of nitrogens with zero attached hydrogens (tertiary/aromatic N) is 1. The van der Waals surface area contributed by atoms with E-state index >= 15 is 0 Å². The number of amides is 1. The number of likely N-dealkylation sites (tertiary alicyclic amines) is 1. The van der Waals surface area contributed by atoms with Gasteiger partial charge in [0, 0.05) is 37.5 Å². The first-order valence-electron chi connectivity index (χ1n) is 11.9. The SMILES string of the molecule is Cc1ccc(C(=O)C2CCN(C(=O)CCNS(=O)(=O)c3c(C)c(C)c(C)c(C)c3C)CC2)cc1. The van der Waals surface area contributed by atoms with Gasteiger partial charge in [0.1, 0.15) is 0 Å². The van der Waals surface area contributed by atoms with Crippen LogP contribution < -0.4 is 4.72 Å². The molecule has 7 heteroatoms. The van der Waals surface area contributed by atoms with Crippen LogP contribution >= 0.6 is 0 Å². The monoisotopic (exact) mass is 484 g/mol. The van der Waals surface area contributed by atoms with E-state index in [0.29, 0.717) is 30.8 Å². The van der Waals surface area contributed by atoms with Gasteiger partial charge in [0.15, 0.2) is 5.78 Å². The highest BCUT2D eigenvalue weighted by molar-refractivity contribution is 7.89. The molecule has 0 radical (unpaired) electrons. The number of nitrogens with one attached hydrogen (secondary N) is 1. The van der Waals surface area contributed by atoms with Crippen molar-refractivity contribution in [3.8, 4) is 0 Å². The lowest BCUT2D eigenvalue weighted by Gasteiger charge is -2.31. The molecule has 6 nitrogen and oxygen atoms in total. The summed E-state index contributed by atoms with van der Waals surface area (Å²) in [6, 6.07) is 7.61. The second-order valence-corrected chi connectivity index (χ2v) is 11.2. The van der Waals surface area contributed by atoms with Gasteiger partial charge in [-0.3, -0.25) is 9.59 Å². The van der Waals surface area contributed by atoms with E-state index in [9.17, 15) is 18.0 Å². The molecule has 0 aromatic heterocycles. The Morgan fingerprint density at radius 1 is 0.853 bits per heavy atom. The van der Waals surface area contributed by atoms with Crippen LogP contribution in [-0.4, -0.2) is 44.6 Å². The largest absolute Gasteiger partial charge is 0.343 e. The number of Topliss-reactive ketones (excluding diaryl/α,β-unsaturated/α-hetero) is 1. The topological polar surface area (TPSA) is 83.6 Å². The van der Waals surface area contributed by atoms with Crippen molar-refractivity contribution in [2.75, 3.05) is 19.6 Å². The van der Waals surface area contributed by atoms with Gasteiger partial charge in [0.05, 0.1) is 4.90 Å². The highest BCUT2D eigenvalue weighted by Gasteiger charge is 2.28. The van der Waals surface area contributed by atoms with Crippen LogP contribution in [0.3, 0.4) is 0 Å².